The van der Waals surface area contributed by atoms with Crippen LogP contribution in [0.3, 0.4) is 0 Å². The maximum absolute atomic E-state index is 14.9. The minimum absolute atomic E-state index is 0.154. The van der Waals surface area contributed by atoms with Crippen molar-refractivity contribution in [1.82, 2.24) is 14.5 Å². The summed E-state index contributed by atoms with van der Waals surface area (Å²) in [6.45, 7) is 8.44. The van der Waals surface area contributed by atoms with Crippen LogP contribution in [-0.2, 0) is 24.1 Å². The molecule has 4 aromatic rings. The third-order valence-electron chi connectivity index (χ3n) is 6.17. The standard InChI is InChI=1S/C28H28F2N4O2S/c1-5-23-25(32-26(37-23)17-8-7-12-31-15-17)33-13-11-21-18(16-33)14-22(24-19(29)9-6-10-20(24)30)34(21)27(35)36-28(2,3)4/h6-10,12,14-15H,5,11,13,16H2,1-4H3. The molecule has 0 saturated heterocycles. The second-order valence-corrected chi connectivity index (χ2v) is 11.0. The number of fused-ring (bicyclic) bond motifs is 1. The summed E-state index contributed by atoms with van der Waals surface area (Å²) in [5, 5.41) is 0.895. The molecule has 0 spiro atoms. The second kappa shape index (κ2) is 9.70. The van der Waals surface area contributed by atoms with Gasteiger partial charge in [0.25, 0.3) is 0 Å². The summed E-state index contributed by atoms with van der Waals surface area (Å²) in [7, 11) is 0. The summed E-state index contributed by atoms with van der Waals surface area (Å²) in [6, 6.07) is 9.27. The Kier molecular flexibility index (Phi) is 6.58. The molecule has 0 fully saturated rings. The third kappa shape index (κ3) is 4.87. The van der Waals surface area contributed by atoms with Crippen molar-refractivity contribution in [3.63, 3.8) is 0 Å². The topological polar surface area (TPSA) is 60.2 Å². The fourth-order valence-electron chi connectivity index (χ4n) is 4.59. The lowest BCUT2D eigenvalue weighted by molar-refractivity contribution is 0.0535. The van der Waals surface area contributed by atoms with Crippen molar-refractivity contribution in [3.8, 4) is 21.8 Å². The lowest BCUT2D eigenvalue weighted by atomic mass is 10.1. The first-order valence-corrected chi connectivity index (χ1v) is 13.0. The molecule has 0 amide bonds. The number of ether oxygens (including phenoxy) is 1. The molecular formula is C28H28F2N4O2S. The number of carbonyl (C=O) groups excluding carboxylic acids is 1. The lowest BCUT2D eigenvalue weighted by Crippen LogP contribution is -2.34. The van der Waals surface area contributed by atoms with Gasteiger partial charge >= 0.3 is 6.09 Å². The van der Waals surface area contributed by atoms with Gasteiger partial charge in [-0.3, -0.25) is 4.98 Å². The van der Waals surface area contributed by atoms with Crippen molar-refractivity contribution in [1.29, 1.82) is 0 Å². The largest absolute Gasteiger partial charge is 0.443 e. The van der Waals surface area contributed by atoms with E-state index in [-0.39, 0.29) is 11.3 Å². The molecule has 0 bridgehead atoms. The van der Waals surface area contributed by atoms with Gasteiger partial charge in [0.2, 0.25) is 0 Å². The van der Waals surface area contributed by atoms with Crippen LogP contribution in [0.4, 0.5) is 19.4 Å². The maximum Gasteiger partial charge on any atom is 0.419 e. The highest BCUT2D eigenvalue weighted by atomic mass is 32.1. The molecule has 37 heavy (non-hydrogen) atoms. The Morgan fingerprint density at radius 1 is 1.16 bits per heavy atom. The Morgan fingerprint density at radius 3 is 2.57 bits per heavy atom. The summed E-state index contributed by atoms with van der Waals surface area (Å²) in [6.07, 6.45) is 4.19. The molecule has 0 radical (unpaired) electrons. The van der Waals surface area contributed by atoms with Crippen LogP contribution >= 0.6 is 11.3 Å². The predicted octanol–water partition coefficient (Wildman–Crippen LogP) is 6.86. The average Bonchev–Trinajstić information content (AvgIpc) is 3.45. The van der Waals surface area contributed by atoms with Crippen LogP contribution in [0, 0.1) is 11.6 Å². The van der Waals surface area contributed by atoms with Gasteiger partial charge in [-0.15, -0.1) is 11.3 Å². The van der Waals surface area contributed by atoms with Gasteiger partial charge in [-0.25, -0.2) is 23.1 Å². The van der Waals surface area contributed by atoms with E-state index in [4.69, 9.17) is 9.72 Å². The molecule has 0 N–H and O–H groups in total. The fourth-order valence-corrected chi connectivity index (χ4v) is 5.61. The molecule has 3 aromatic heterocycles. The number of aryl methyl sites for hydroxylation is 1. The average molecular weight is 523 g/mol. The maximum atomic E-state index is 14.9. The van der Waals surface area contributed by atoms with E-state index in [1.54, 1.807) is 50.6 Å². The molecule has 0 saturated carbocycles. The van der Waals surface area contributed by atoms with Crippen LogP contribution in [-0.4, -0.2) is 32.8 Å². The highest BCUT2D eigenvalue weighted by Crippen LogP contribution is 2.38. The lowest BCUT2D eigenvalue weighted by Gasteiger charge is -2.29. The number of pyridine rings is 1. The Balaban J connectivity index is 1.57. The summed E-state index contributed by atoms with van der Waals surface area (Å²) >= 11 is 1.64. The van der Waals surface area contributed by atoms with Gasteiger partial charge in [0.15, 0.2) is 0 Å². The number of benzene rings is 1. The van der Waals surface area contributed by atoms with Crippen LogP contribution in [0.2, 0.25) is 0 Å². The van der Waals surface area contributed by atoms with Crippen molar-refractivity contribution >= 4 is 23.2 Å². The summed E-state index contributed by atoms with van der Waals surface area (Å²) in [5.41, 5.74) is 1.62. The number of rotatable bonds is 4. The summed E-state index contributed by atoms with van der Waals surface area (Å²) < 4.78 is 36.7. The molecule has 4 heterocycles. The SMILES string of the molecule is CCc1sc(-c2cccnc2)nc1N1CCc2c(cc(-c3c(F)cccc3F)n2C(=O)OC(C)(C)C)C1. The first-order chi connectivity index (χ1) is 17.7. The molecule has 1 aromatic carbocycles. The molecule has 1 aliphatic rings. The van der Waals surface area contributed by atoms with E-state index in [1.165, 1.54) is 22.8 Å². The Morgan fingerprint density at radius 2 is 1.92 bits per heavy atom. The fraction of sp³-hybridized carbons (Fsp3) is 0.321. The Bertz CT molecular complexity index is 1440. The number of aromatic nitrogens is 3. The number of carbonyl (C=O) groups is 1. The van der Waals surface area contributed by atoms with E-state index in [0.29, 0.717) is 25.2 Å². The zero-order valence-corrected chi connectivity index (χ0v) is 22.0. The molecular weight excluding hydrogens is 494 g/mol. The van der Waals surface area contributed by atoms with Crippen LogP contribution in [0.15, 0.2) is 48.8 Å². The van der Waals surface area contributed by atoms with Gasteiger partial charge in [0.05, 0.1) is 11.3 Å². The monoisotopic (exact) mass is 522 g/mol. The first kappa shape index (κ1) is 25.1. The van der Waals surface area contributed by atoms with Gasteiger partial charge < -0.3 is 9.64 Å². The molecule has 192 valence electrons. The van der Waals surface area contributed by atoms with E-state index >= 15 is 0 Å². The third-order valence-corrected chi connectivity index (χ3v) is 7.41. The van der Waals surface area contributed by atoms with Crippen molar-refractivity contribution in [2.75, 3.05) is 11.4 Å². The molecule has 0 unspecified atom stereocenters. The molecule has 0 atom stereocenters. The smallest absolute Gasteiger partial charge is 0.419 e. The minimum Gasteiger partial charge on any atom is -0.443 e. The number of anilines is 1. The zero-order valence-electron chi connectivity index (χ0n) is 21.2. The van der Waals surface area contributed by atoms with Gasteiger partial charge in [0.1, 0.15) is 28.1 Å². The highest BCUT2D eigenvalue weighted by Gasteiger charge is 2.32. The van der Waals surface area contributed by atoms with Crippen molar-refractivity contribution in [2.45, 2.75) is 52.7 Å². The van der Waals surface area contributed by atoms with Crippen molar-refractivity contribution in [2.24, 2.45) is 0 Å². The van der Waals surface area contributed by atoms with E-state index in [0.717, 1.165) is 33.3 Å². The van der Waals surface area contributed by atoms with E-state index in [9.17, 15) is 13.6 Å². The van der Waals surface area contributed by atoms with Crippen LogP contribution < -0.4 is 4.90 Å². The van der Waals surface area contributed by atoms with Crippen LogP contribution in [0.5, 0.6) is 0 Å². The van der Waals surface area contributed by atoms with Crippen LogP contribution in [0.1, 0.15) is 43.8 Å². The van der Waals surface area contributed by atoms with E-state index in [1.807, 2.05) is 12.1 Å². The van der Waals surface area contributed by atoms with Crippen molar-refractivity contribution in [3.05, 3.63) is 76.6 Å². The molecule has 0 aliphatic carbocycles. The summed E-state index contributed by atoms with van der Waals surface area (Å²) in [4.78, 5) is 25.7. The Labute approximate surface area is 218 Å². The van der Waals surface area contributed by atoms with Gasteiger partial charge in [-0.1, -0.05) is 13.0 Å². The summed E-state index contributed by atoms with van der Waals surface area (Å²) in [5.74, 6) is -0.573. The van der Waals surface area contributed by atoms with Crippen molar-refractivity contribution < 1.29 is 18.3 Å². The van der Waals surface area contributed by atoms with Gasteiger partial charge in [0, 0.05) is 48.0 Å². The van der Waals surface area contributed by atoms with E-state index in [2.05, 4.69) is 16.8 Å². The predicted molar refractivity (Wildman–Crippen MR) is 141 cm³/mol. The number of hydrogen-bond acceptors (Lipinski definition) is 6. The van der Waals surface area contributed by atoms with Gasteiger partial charge in [-0.2, -0.15) is 0 Å². The first-order valence-electron chi connectivity index (χ1n) is 12.2. The quantitative estimate of drug-likeness (QED) is 0.293. The van der Waals surface area contributed by atoms with E-state index < -0.39 is 23.3 Å². The normalized spacial score (nSPS) is 13.5. The number of halogens is 2. The zero-order chi connectivity index (χ0) is 26.3. The Hall–Kier alpha value is -3.59. The highest BCUT2D eigenvalue weighted by molar-refractivity contribution is 7.15. The second-order valence-electron chi connectivity index (χ2n) is 9.95. The minimum atomic E-state index is -0.765. The number of hydrogen-bond donors (Lipinski definition) is 0. The molecule has 9 heteroatoms. The molecule has 6 nitrogen and oxygen atoms in total. The van der Waals surface area contributed by atoms with Crippen LogP contribution in [0.25, 0.3) is 21.8 Å². The number of thiazole rings is 1. The molecule has 1 aliphatic heterocycles. The number of nitrogens with zero attached hydrogens (tertiary/aromatic N) is 4. The van der Waals surface area contributed by atoms with Gasteiger partial charge in [-0.05, 0) is 63.1 Å². The molecule has 5 rings (SSSR count).